The SMILES string of the molecule is CCc1nsc(N2CC(n3cc(C(=O)O)nn3)C2)n1. The maximum Gasteiger partial charge on any atom is 0.358 e. The Morgan fingerprint density at radius 1 is 1.58 bits per heavy atom. The van der Waals surface area contributed by atoms with Gasteiger partial charge in [-0.3, -0.25) is 0 Å². The van der Waals surface area contributed by atoms with Crippen molar-refractivity contribution in [3.05, 3.63) is 17.7 Å². The Morgan fingerprint density at radius 3 is 2.95 bits per heavy atom. The molecule has 1 aliphatic heterocycles. The monoisotopic (exact) mass is 280 g/mol. The molecule has 1 fully saturated rings. The number of carboxylic acid groups (broad SMARTS) is 1. The zero-order chi connectivity index (χ0) is 13.4. The van der Waals surface area contributed by atoms with Crippen molar-refractivity contribution in [1.82, 2.24) is 24.4 Å². The fraction of sp³-hybridized carbons (Fsp3) is 0.500. The molecule has 0 aliphatic carbocycles. The van der Waals surface area contributed by atoms with Crippen LogP contribution in [-0.2, 0) is 6.42 Å². The second kappa shape index (κ2) is 4.57. The first-order valence-corrected chi connectivity index (χ1v) is 6.67. The quantitative estimate of drug-likeness (QED) is 0.868. The fourth-order valence-corrected chi connectivity index (χ4v) is 2.62. The van der Waals surface area contributed by atoms with Gasteiger partial charge in [-0.15, -0.1) is 5.10 Å². The number of aromatic nitrogens is 5. The number of anilines is 1. The van der Waals surface area contributed by atoms with E-state index in [0.29, 0.717) is 0 Å². The van der Waals surface area contributed by atoms with Gasteiger partial charge in [0.1, 0.15) is 5.82 Å². The molecule has 0 saturated carbocycles. The van der Waals surface area contributed by atoms with Crippen molar-refractivity contribution in [2.24, 2.45) is 0 Å². The van der Waals surface area contributed by atoms with E-state index in [-0.39, 0.29) is 11.7 Å². The molecule has 0 spiro atoms. The molecule has 0 radical (unpaired) electrons. The summed E-state index contributed by atoms with van der Waals surface area (Å²) < 4.78 is 5.84. The standard InChI is InChI=1S/C10H12N6O2S/c1-2-8-11-10(19-13-8)15-3-6(4-15)16-5-7(9(17)18)12-14-16/h5-6H,2-4H2,1H3,(H,17,18). The van der Waals surface area contributed by atoms with E-state index in [1.165, 1.54) is 17.7 Å². The fourth-order valence-electron chi connectivity index (χ4n) is 1.85. The normalized spacial score (nSPS) is 15.5. The molecule has 19 heavy (non-hydrogen) atoms. The van der Waals surface area contributed by atoms with E-state index in [1.807, 2.05) is 6.92 Å². The van der Waals surface area contributed by atoms with E-state index in [9.17, 15) is 4.79 Å². The molecule has 0 amide bonds. The minimum Gasteiger partial charge on any atom is -0.476 e. The topological polar surface area (TPSA) is 97.0 Å². The number of hydrogen-bond donors (Lipinski definition) is 1. The van der Waals surface area contributed by atoms with Crippen molar-refractivity contribution in [2.45, 2.75) is 19.4 Å². The van der Waals surface area contributed by atoms with Gasteiger partial charge in [0.05, 0.1) is 12.2 Å². The van der Waals surface area contributed by atoms with Crippen molar-refractivity contribution in [3.63, 3.8) is 0 Å². The van der Waals surface area contributed by atoms with Crippen LogP contribution in [0.2, 0.25) is 0 Å². The first-order chi connectivity index (χ1) is 9.17. The maximum atomic E-state index is 10.7. The van der Waals surface area contributed by atoms with Crippen LogP contribution in [0.4, 0.5) is 5.13 Å². The van der Waals surface area contributed by atoms with Gasteiger partial charge in [-0.05, 0) is 0 Å². The van der Waals surface area contributed by atoms with E-state index >= 15 is 0 Å². The molecule has 1 saturated heterocycles. The summed E-state index contributed by atoms with van der Waals surface area (Å²) in [6, 6.07) is 0.148. The Morgan fingerprint density at radius 2 is 2.37 bits per heavy atom. The zero-order valence-corrected chi connectivity index (χ0v) is 11.0. The van der Waals surface area contributed by atoms with Crippen molar-refractivity contribution in [1.29, 1.82) is 0 Å². The van der Waals surface area contributed by atoms with E-state index in [4.69, 9.17) is 5.11 Å². The third kappa shape index (κ3) is 2.16. The first-order valence-electron chi connectivity index (χ1n) is 5.90. The van der Waals surface area contributed by atoms with Gasteiger partial charge in [-0.1, -0.05) is 12.1 Å². The predicted octanol–water partition coefficient (Wildman–Crippen LogP) is 0.451. The van der Waals surface area contributed by atoms with Gasteiger partial charge < -0.3 is 10.0 Å². The summed E-state index contributed by atoms with van der Waals surface area (Å²) in [5.41, 5.74) is -0.0253. The second-order valence-corrected chi connectivity index (χ2v) is 5.02. The molecule has 3 heterocycles. The molecular formula is C10H12N6O2S. The number of carboxylic acids is 1. The number of aromatic carboxylic acids is 1. The minimum absolute atomic E-state index is 0.0253. The molecule has 0 bridgehead atoms. The van der Waals surface area contributed by atoms with Crippen molar-refractivity contribution < 1.29 is 9.90 Å². The van der Waals surface area contributed by atoms with Gasteiger partial charge >= 0.3 is 5.97 Å². The number of nitrogens with zero attached hydrogens (tertiary/aromatic N) is 6. The van der Waals surface area contributed by atoms with Crippen LogP contribution in [0.25, 0.3) is 0 Å². The second-order valence-electron chi connectivity index (χ2n) is 4.29. The smallest absolute Gasteiger partial charge is 0.358 e. The molecule has 3 rings (SSSR count). The van der Waals surface area contributed by atoms with Crippen LogP contribution in [0.15, 0.2) is 6.20 Å². The molecule has 0 aromatic carbocycles. The van der Waals surface area contributed by atoms with Crippen LogP contribution in [0.3, 0.4) is 0 Å². The molecule has 1 aliphatic rings. The average Bonchev–Trinajstić information content (AvgIpc) is 2.95. The molecule has 9 heteroatoms. The Labute approximate surface area is 112 Å². The number of carbonyl (C=O) groups is 1. The van der Waals surface area contributed by atoms with E-state index in [2.05, 4.69) is 24.6 Å². The Hall–Kier alpha value is -2.03. The molecule has 100 valence electrons. The van der Waals surface area contributed by atoms with E-state index < -0.39 is 5.97 Å². The molecule has 2 aromatic rings. The van der Waals surface area contributed by atoms with Crippen LogP contribution in [-0.4, -0.2) is 48.5 Å². The third-order valence-corrected chi connectivity index (χ3v) is 3.82. The van der Waals surface area contributed by atoms with Crippen LogP contribution in [0.5, 0.6) is 0 Å². The highest BCUT2D eigenvalue weighted by Crippen LogP contribution is 2.28. The highest BCUT2D eigenvalue weighted by Gasteiger charge is 2.31. The molecule has 2 aromatic heterocycles. The first kappa shape index (κ1) is 12.0. The average molecular weight is 280 g/mol. The van der Waals surface area contributed by atoms with Crippen molar-refractivity contribution in [2.75, 3.05) is 18.0 Å². The number of aryl methyl sites for hydroxylation is 1. The molecule has 1 N–H and O–H groups in total. The maximum absolute atomic E-state index is 10.7. The third-order valence-electron chi connectivity index (χ3n) is 3.01. The lowest BCUT2D eigenvalue weighted by Gasteiger charge is -2.38. The summed E-state index contributed by atoms with van der Waals surface area (Å²) in [5, 5.41) is 17.1. The van der Waals surface area contributed by atoms with Gasteiger partial charge in [0.25, 0.3) is 0 Å². The Balaban J connectivity index is 1.64. The van der Waals surface area contributed by atoms with Crippen LogP contribution in [0.1, 0.15) is 29.3 Å². The highest BCUT2D eigenvalue weighted by molar-refractivity contribution is 7.09. The molecule has 0 atom stereocenters. The number of hydrogen-bond acceptors (Lipinski definition) is 7. The summed E-state index contributed by atoms with van der Waals surface area (Å²) in [7, 11) is 0. The summed E-state index contributed by atoms with van der Waals surface area (Å²) in [4.78, 5) is 17.2. The van der Waals surface area contributed by atoms with E-state index in [1.54, 1.807) is 4.68 Å². The van der Waals surface area contributed by atoms with E-state index in [0.717, 1.165) is 30.5 Å². The molecular weight excluding hydrogens is 268 g/mol. The van der Waals surface area contributed by atoms with Crippen LogP contribution >= 0.6 is 11.5 Å². The Kier molecular flexibility index (Phi) is 2.90. The predicted molar refractivity (Wildman–Crippen MR) is 67.5 cm³/mol. The van der Waals surface area contributed by atoms with Crippen molar-refractivity contribution >= 4 is 22.6 Å². The van der Waals surface area contributed by atoms with Gasteiger partial charge in [-0.25, -0.2) is 14.5 Å². The van der Waals surface area contributed by atoms with Gasteiger partial charge in [-0.2, -0.15) is 4.37 Å². The highest BCUT2D eigenvalue weighted by atomic mass is 32.1. The minimum atomic E-state index is -1.06. The summed E-state index contributed by atoms with van der Waals surface area (Å²) >= 11 is 1.39. The largest absolute Gasteiger partial charge is 0.476 e. The molecule has 0 unspecified atom stereocenters. The van der Waals surface area contributed by atoms with Crippen molar-refractivity contribution in [3.8, 4) is 0 Å². The summed E-state index contributed by atoms with van der Waals surface area (Å²) in [5.74, 6) is -0.198. The lowest BCUT2D eigenvalue weighted by molar-refractivity contribution is 0.0690. The molecule has 8 nitrogen and oxygen atoms in total. The zero-order valence-electron chi connectivity index (χ0n) is 10.2. The lowest BCUT2D eigenvalue weighted by atomic mass is 10.1. The van der Waals surface area contributed by atoms with Crippen LogP contribution < -0.4 is 4.90 Å². The van der Waals surface area contributed by atoms with Crippen LogP contribution in [0, 0.1) is 0 Å². The Bertz CT molecular complexity index is 603. The summed E-state index contributed by atoms with van der Waals surface area (Å²) in [6.07, 6.45) is 2.29. The number of rotatable bonds is 4. The lowest BCUT2D eigenvalue weighted by Crippen LogP contribution is -2.48. The van der Waals surface area contributed by atoms with Gasteiger partial charge in [0, 0.05) is 31.0 Å². The van der Waals surface area contributed by atoms with Gasteiger partial charge in [0.2, 0.25) is 5.13 Å². The summed E-state index contributed by atoms with van der Waals surface area (Å²) in [6.45, 7) is 3.52. The van der Waals surface area contributed by atoms with Gasteiger partial charge in [0.15, 0.2) is 5.69 Å².